The van der Waals surface area contributed by atoms with E-state index in [1.165, 1.54) is 12.1 Å². The van der Waals surface area contributed by atoms with E-state index in [4.69, 9.17) is 0 Å². The summed E-state index contributed by atoms with van der Waals surface area (Å²) in [6.45, 7) is 3.95. The summed E-state index contributed by atoms with van der Waals surface area (Å²) < 4.78 is 14.8. The lowest BCUT2D eigenvalue weighted by molar-refractivity contribution is -0.118. The first-order valence-corrected chi connectivity index (χ1v) is 6.59. The van der Waals surface area contributed by atoms with Gasteiger partial charge in [0.2, 0.25) is 6.41 Å². The zero-order valence-electron chi connectivity index (χ0n) is 11.5. The van der Waals surface area contributed by atoms with Crippen LogP contribution in [0.25, 0.3) is 0 Å². The van der Waals surface area contributed by atoms with Crippen LogP contribution in [-0.4, -0.2) is 27.4 Å². The number of halogens is 1. The van der Waals surface area contributed by atoms with Gasteiger partial charge in [-0.25, -0.2) is 9.37 Å². The molecule has 4 nitrogen and oxygen atoms in total. The molecule has 0 saturated carbocycles. The molecule has 0 N–H and O–H groups in total. The lowest BCUT2D eigenvalue weighted by atomic mass is 10.2. The second-order valence-corrected chi connectivity index (χ2v) is 4.81. The molecule has 0 bridgehead atoms. The van der Waals surface area contributed by atoms with E-state index >= 15 is 0 Å². The van der Waals surface area contributed by atoms with Crippen molar-refractivity contribution in [2.45, 2.75) is 26.4 Å². The summed E-state index contributed by atoms with van der Waals surface area (Å²) in [5, 5.41) is 0. The van der Waals surface area contributed by atoms with Crippen LogP contribution < -0.4 is 0 Å². The molecule has 2 aromatic rings. The van der Waals surface area contributed by atoms with Gasteiger partial charge < -0.3 is 9.47 Å². The van der Waals surface area contributed by atoms with Gasteiger partial charge >= 0.3 is 0 Å². The zero-order chi connectivity index (χ0) is 14.4. The summed E-state index contributed by atoms with van der Waals surface area (Å²) in [6, 6.07) is 6.22. The van der Waals surface area contributed by atoms with Crippen molar-refractivity contribution in [3.63, 3.8) is 0 Å². The lowest BCUT2D eigenvalue weighted by Gasteiger charge is -2.17. The molecule has 1 heterocycles. The maximum absolute atomic E-state index is 12.8. The number of nitrogens with zero attached hydrogens (tertiary/aromatic N) is 3. The van der Waals surface area contributed by atoms with Gasteiger partial charge in [0.25, 0.3) is 0 Å². The molecule has 1 aromatic carbocycles. The molecule has 0 spiro atoms. The molecule has 0 atom stereocenters. The molecule has 0 unspecified atom stereocenters. The predicted octanol–water partition coefficient (Wildman–Crippen LogP) is 2.38. The minimum atomic E-state index is -0.262. The fraction of sp³-hybridized carbons (Fsp3) is 0.333. The van der Waals surface area contributed by atoms with Gasteiger partial charge in [-0.3, -0.25) is 4.79 Å². The molecule has 0 fully saturated rings. The van der Waals surface area contributed by atoms with Gasteiger partial charge in [-0.1, -0.05) is 12.1 Å². The highest BCUT2D eigenvalue weighted by molar-refractivity contribution is 5.47. The van der Waals surface area contributed by atoms with Crippen LogP contribution in [0.4, 0.5) is 4.39 Å². The average Bonchev–Trinajstić information content (AvgIpc) is 2.85. The van der Waals surface area contributed by atoms with Gasteiger partial charge in [0.1, 0.15) is 5.82 Å². The molecule has 1 aromatic heterocycles. The molecule has 0 radical (unpaired) electrons. The number of imidazole rings is 1. The Morgan fingerprint density at radius 1 is 1.35 bits per heavy atom. The van der Waals surface area contributed by atoms with Gasteiger partial charge in [0.15, 0.2) is 0 Å². The monoisotopic (exact) mass is 275 g/mol. The maximum atomic E-state index is 12.8. The Hall–Kier alpha value is -2.17. The van der Waals surface area contributed by atoms with Crippen molar-refractivity contribution in [3.05, 3.63) is 53.9 Å². The number of aryl methyl sites for hydroxylation is 2. The predicted molar refractivity (Wildman–Crippen MR) is 74.5 cm³/mol. The number of carbonyl (C=O) groups is 1. The van der Waals surface area contributed by atoms with Crippen molar-refractivity contribution in [2.75, 3.05) is 6.54 Å². The number of hydrogen-bond acceptors (Lipinski definition) is 2. The first-order chi connectivity index (χ1) is 9.67. The van der Waals surface area contributed by atoms with E-state index in [-0.39, 0.29) is 5.82 Å². The topological polar surface area (TPSA) is 38.1 Å². The Morgan fingerprint density at radius 2 is 2.10 bits per heavy atom. The zero-order valence-corrected chi connectivity index (χ0v) is 11.5. The SMILES string of the molecule is Cc1cn(CCCN(C=O)Cc2ccc(F)cc2)cn1. The molecule has 0 aliphatic carbocycles. The van der Waals surface area contributed by atoms with E-state index in [9.17, 15) is 9.18 Å². The Balaban J connectivity index is 1.80. The van der Waals surface area contributed by atoms with E-state index in [1.54, 1.807) is 23.4 Å². The Bertz CT molecular complexity index is 551. The maximum Gasteiger partial charge on any atom is 0.210 e. The van der Waals surface area contributed by atoms with Gasteiger partial charge in [-0.05, 0) is 31.0 Å². The van der Waals surface area contributed by atoms with Crippen molar-refractivity contribution in [1.82, 2.24) is 14.5 Å². The largest absolute Gasteiger partial charge is 0.341 e. The molecular weight excluding hydrogens is 257 g/mol. The van der Waals surface area contributed by atoms with Gasteiger partial charge in [0, 0.05) is 25.8 Å². The summed E-state index contributed by atoms with van der Waals surface area (Å²) in [7, 11) is 0. The quantitative estimate of drug-likeness (QED) is 0.728. The lowest BCUT2D eigenvalue weighted by Crippen LogP contribution is -2.23. The molecule has 0 saturated heterocycles. The molecule has 1 amide bonds. The highest BCUT2D eigenvalue weighted by atomic mass is 19.1. The fourth-order valence-corrected chi connectivity index (χ4v) is 2.04. The summed E-state index contributed by atoms with van der Waals surface area (Å²) in [5.74, 6) is -0.262. The number of rotatable bonds is 7. The standard InChI is InChI=1S/C15H18FN3O/c1-13-9-18(11-17-13)7-2-8-19(12-20)10-14-3-5-15(16)6-4-14/h3-6,9,11-12H,2,7-8,10H2,1H3. The second kappa shape index (κ2) is 6.84. The van der Waals surface area contributed by atoms with Crippen LogP contribution in [0.5, 0.6) is 0 Å². The van der Waals surface area contributed by atoms with Crippen LogP contribution in [0, 0.1) is 12.7 Å². The molecule has 0 aliphatic heterocycles. The first kappa shape index (κ1) is 14.2. The van der Waals surface area contributed by atoms with Crippen molar-refractivity contribution in [3.8, 4) is 0 Å². The third-order valence-corrected chi connectivity index (χ3v) is 3.07. The van der Waals surface area contributed by atoms with E-state index < -0.39 is 0 Å². The van der Waals surface area contributed by atoms with Crippen molar-refractivity contribution >= 4 is 6.41 Å². The van der Waals surface area contributed by atoms with Crippen LogP contribution in [0.15, 0.2) is 36.8 Å². The van der Waals surface area contributed by atoms with Gasteiger partial charge in [-0.2, -0.15) is 0 Å². The van der Waals surface area contributed by atoms with Crippen LogP contribution in [0.2, 0.25) is 0 Å². The fourth-order valence-electron chi connectivity index (χ4n) is 2.04. The molecule has 106 valence electrons. The van der Waals surface area contributed by atoms with Gasteiger partial charge in [0.05, 0.1) is 12.0 Å². The van der Waals surface area contributed by atoms with Crippen molar-refractivity contribution in [2.24, 2.45) is 0 Å². The third kappa shape index (κ3) is 4.19. The minimum absolute atomic E-state index is 0.262. The smallest absolute Gasteiger partial charge is 0.210 e. The summed E-state index contributed by atoms with van der Waals surface area (Å²) in [4.78, 5) is 16.9. The number of hydrogen-bond donors (Lipinski definition) is 0. The van der Waals surface area contributed by atoms with Crippen LogP contribution in [0.3, 0.4) is 0 Å². The van der Waals surface area contributed by atoms with Crippen LogP contribution in [0.1, 0.15) is 17.7 Å². The molecule has 20 heavy (non-hydrogen) atoms. The van der Waals surface area contributed by atoms with Gasteiger partial charge in [-0.15, -0.1) is 0 Å². The van der Waals surface area contributed by atoms with Crippen molar-refractivity contribution in [1.29, 1.82) is 0 Å². The van der Waals surface area contributed by atoms with Crippen LogP contribution in [-0.2, 0) is 17.9 Å². The minimum Gasteiger partial charge on any atom is -0.341 e. The summed E-state index contributed by atoms with van der Waals surface area (Å²) in [5.41, 5.74) is 1.92. The summed E-state index contributed by atoms with van der Waals surface area (Å²) >= 11 is 0. The van der Waals surface area contributed by atoms with E-state index in [1.807, 2.05) is 17.7 Å². The second-order valence-electron chi connectivity index (χ2n) is 4.81. The Kier molecular flexibility index (Phi) is 4.87. The normalized spacial score (nSPS) is 10.5. The number of amides is 1. The Labute approximate surface area is 117 Å². The van der Waals surface area contributed by atoms with E-state index in [0.717, 1.165) is 30.6 Å². The number of aromatic nitrogens is 2. The van der Waals surface area contributed by atoms with E-state index in [0.29, 0.717) is 13.1 Å². The highest BCUT2D eigenvalue weighted by Crippen LogP contribution is 2.06. The molecule has 2 rings (SSSR count). The summed E-state index contributed by atoms with van der Waals surface area (Å²) in [6.07, 6.45) is 5.46. The highest BCUT2D eigenvalue weighted by Gasteiger charge is 2.04. The third-order valence-electron chi connectivity index (χ3n) is 3.07. The number of carbonyl (C=O) groups excluding carboxylic acids is 1. The van der Waals surface area contributed by atoms with Crippen molar-refractivity contribution < 1.29 is 9.18 Å². The molecule has 0 aliphatic rings. The molecule has 5 heteroatoms. The Morgan fingerprint density at radius 3 is 2.70 bits per heavy atom. The first-order valence-electron chi connectivity index (χ1n) is 6.59. The number of benzene rings is 1. The van der Waals surface area contributed by atoms with Crippen LogP contribution >= 0.6 is 0 Å². The average molecular weight is 275 g/mol. The van der Waals surface area contributed by atoms with E-state index in [2.05, 4.69) is 4.98 Å². The molecular formula is C15H18FN3O.